The van der Waals surface area contributed by atoms with Gasteiger partial charge in [-0.05, 0) is 31.1 Å². The van der Waals surface area contributed by atoms with Crippen molar-refractivity contribution in [2.45, 2.75) is 65.0 Å². The van der Waals surface area contributed by atoms with Crippen molar-refractivity contribution < 1.29 is 14.3 Å². The molecule has 122 valence electrons. The molecule has 0 bridgehead atoms. The lowest BCUT2D eigenvalue weighted by Crippen LogP contribution is -2.48. The molecule has 5 heteroatoms. The van der Waals surface area contributed by atoms with Gasteiger partial charge in [-0.3, -0.25) is 14.9 Å². The van der Waals surface area contributed by atoms with Gasteiger partial charge in [0.2, 0.25) is 5.91 Å². The van der Waals surface area contributed by atoms with Gasteiger partial charge in [0, 0.05) is 6.04 Å². The SMILES string of the molecule is COC(=O)C(CC(C)C)NCC(=O)NC1CCCCC1C. The Kier molecular flexibility index (Phi) is 7.72. The van der Waals surface area contributed by atoms with Crippen LogP contribution in [0.5, 0.6) is 0 Å². The topological polar surface area (TPSA) is 67.4 Å². The molecular weight excluding hydrogens is 268 g/mol. The van der Waals surface area contributed by atoms with Gasteiger partial charge in [-0.15, -0.1) is 0 Å². The highest BCUT2D eigenvalue weighted by molar-refractivity contribution is 5.80. The minimum absolute atomic E-state index is 0.0357. The average Bonchev–Trinajstić information content (AvgIpc) is 2.44. The molecule has 21 heavy (non-hydrogen) atoms. The number of ether oxygens (including phenoxy) is 1. The normalized spacial score (nSPS) is 23.7. The van der Waals surface area contributed by atoms with E-state index in [4.69, 9.17) is 4.74 Å². The van der Waals surface area contributed by atoms with Crippen molar-refractivity contribution in [1.29, 1.82) is 0 Å². The molecule has 1 aliphatic rings. The van der Waals surface area contributed by atoms with E-state index in [1.165, 1.54) is 26.4 Å². The molecule has 0 aromatic carbocycles. The van der Waals surface area contributed by atoms with Crippen molar-refractivity contribution in [3.63, 3.8) is 0 Å². The fourth-order valence-electron chi connectivity index (χ4n) is 2.88. The summed E-state index contributed by atoms with van der Waals surface area (Å²) < 4.78 is 4.78. The number of hydrogen-bond acceptors (Lipinski definition) is 4. The number of carbonyl (C=O) groups is 2. The number of rotatable bonds is 7. The number of hydrogen-bond donors (Lipinski definition) is 2. The Morgan fingerprint density at radius 1 is 1.24 bits per heavy atom. The third-order valence-electron chi connectivity index (χ3n) is 4.16. The van der Waals surface area contributed by atoms with E-state index in [1.54, 1.807) is 0 Å². The van der Waals surface area contributed by atoms with Gasteiger partial charge in [0.25, 0.3) is 0 Å². The quantitative estimate of drug-likeness (QED) is 0.704. The highest BCUT2D eigenvalue weighted by Crippen LogP contribution is 2.23. The van der Waals surface area contributed by atoms with Gasteiger partial charge < -0.3 is 10.1 Å². The first-order valence-corrected chi connectivity index (χ1v) is 8.04. The molecule has 0 aromatic heterocycles. The van der Waals surface area contributed by atoms with Crippen molar-refractivity contribution >= 4 is 11.9 Å². The van der Waals surface area contributed by atoms with Crippen molar-refractivity contribution in [2.75, 3.05) is 13.7 Å². The Bertz CT molecular complexity index is 344. The molecule has 0 radical (unpaired) electrons. The summed E-state index contributed by atoms with van der Waals surface area (Å²) in [5.74, 6) is 0.562. The number of carbonyl (C=O) groups excluding carboxylic acids is 2. The van der Waals surface area contributed by atoms with E-state index in [-0.39, 0.29) is 24.5 Å². The summed E-state index contributed by atoms with van der Waals surface area (Å²) in [5.41, 5.74) is 0. The number of amides is 1. The molecule has 0 aromatic rings. The highest BCUT2D eigenvalue weighted by atomic mass is 16.5. The minimum Gasteiger partial charge on any atom is -0.468 e. The molecule has 1 aliphatic carbocycles. The molecule has 3 atom stereocenters. The van der Waals surface area contributed by atoms with Crippen molar-refractivity contribution in [3.8, 4) is 0 Å². The van der Waals surface area contributed by atoms with Crippen molar-refractivity contribution in [1.82, 2.24) is 10.6 Å². The summed E-state index contributed by atoms with van der Waals surface area (Å²) in [7, 11) is 1.38. The Balaban J connectivity index is 2.39. The molecule has 0 aliphatic heterocycles. The summed E-state index contributed by atoms with van der Waals surface area (Å²) in [5, 5.41) is 6.10. The van der Waals surface area contributed by atoms with Crippen LogP contribution in [-0.4, -0.2) is 37.6 Å². The summed E-state index contributed by atoms with van der Waals surface area (Å²) in [6, 6.07) is -0.140. The lowest BCUT2D eigenvalue weighted by molar-refractivity contribution is -0.143. The molecule has 0 spiro atoms. The van der Waals surface area contributed by atoms with Gasteiger partial charge in [-0.25, -0.2) is 0 Å². The van der Waals surface area contributed by atoms with E-state index in [9.17, 15) is 9.59 Å². The highest BCUT2D eigenvalue weighted by Gasteiger charge is 2.24. The molecule has 0 heterocycles. The van der Waals surface area contributed by atoms with Crippen LogP contribution in [0.1, 0.15) is 52.9 Å². The molecule has 1 saturated carbocycles. The predicted octanol–water partition coefficient (Wildman–Crippen LogP) is 1.86. The second-order valence-electron chi connectivity index (χ2n) is 6.52. The summed E-state index contributed by atoms with van der Waals surface area (Å²) in [6.45, 7) is 6.44. The van der Waals surface area contributed by atoms with E-state index in [0.717, 1.165) is 6.42 Å². The van der Waals surface area contributed by atoms with Gasteiger partial charge >= 0.3 is 5.97 Å². The van der Waals surface area contributed by atoms with E-state index in [2.05, 4.69) is 17.6 Å². The standard InChI is InChI=1S/C16H30N2O3/c1-11(2)9-14(16(20)21-4)17-10-15(19)18-13-8-6-5-7-12(13)3/h11-14,17H,5-10H2,1-4H3,(H,18,19). The third kappa shape index (κ3) is 6.46. The summed E-state index contributed by atoms with van der Waals surface area (Å²) in [4.78, 5) is 23.7. The molecule has 5 nitrogen and oxygen atoms in total. The first kappa shape index (κ1) is 18.0. The zero-order valence-corrected chi connectivity index (χ0v) is 13.8. The second-order valence-corrected chi connectivity index (χ2v) is 6.52. The summed E-state index contributed by atoms with van der Waals surface area (Å²) >= 11 is 0. The van der Waals surface area contributed by atoms with Crippen LogP contribution in [0, 0.1) is 11.8 Å². The molecule has 1 fully saturated rings. The number of methoxy groups -OCH3 is 1. The zero-order valence-electron chi connectivity index (χ0n) is 13.8. The van der Waals surface area contributed by atoms with E-state index < -0.39 is 6.04 Å². The van der Waals surface area contributed by atoms with Crippen LogP contribution in [0.15, 0.2) is 0 Å². The average molecular weight is 298 g/mol. The molecular formula is C16H30N2O3. The van der Waals surface area contributed by atoms with Crippen molar-refractivity contribution in [3.05, 3.63) is 0 Å². The van der Waals surface area contributed by atoms with Gasteiger partial charge in [0.1, 0.15) is 6.04 Å². The van der Waals surface area contributed by atoms with Gasteiger partial charge in [-0.2, -0.15) is 0 Å². The Morgan fingerprint density at radius 2 is 1.90 bits per heavy atom. The Morgan fingerprint density at radius 3 is 2.48 bits per heavy atom. The monoisotopic (exact) mass is 298 g/mol. The Hall–Kier alpha value is -1.10. The lowest BCUT2D eigenvalue weighted by Gasteiger charge is -2.29. The van der Waals surface area contributed by atoms with Crippen LogP contribution in [0.4, 0.5) is 0 Å². The van der Waals surface area contributed by atoms with Crippen molar-refractivity contribution in [2.24, 2.45) is 11.8 Å². The van der Waals surface area contributed by atoms with Gasteiger partial charge in [0.05, 0.1) is 13.7 Å². The second kappa shape index (κ2) is 9.03. The summed E-state index contributed by atoms with van der Waals surface area (Å²) in [6.07, 6.45) is 5.33. The fraction of sp³-hybridized carbons (Fsp3) is 0.875. The van der Waals surface area contributed by atoms with E-state index >= 15 is 0 Å². The van der Waals surface area contributed by atoms with Crippen LogP contribution in [0.3, 0.4) is 0 Å². The van der Waals surface area contributed by atoms with Crippen LogP contribution < -0.4 is 10.6 Å². The number of esters is 1. The maximum Gasteiger partial charge on any atom is 0.322 e. The first-order valence-electron chi connectivity index (χ1n) is 8.04. The molecule has 3 unspecified atom stereocenters. The smallest absolute Gasteiger partial charge is 0.322 e. The number of nitrogens with one attached hydrogen (secondary N) is 2. The zero-order chi connectivity index (χ0) is 15.8. The fourth-order valence-corrected chi connectivity index (χ4v) is 2.88. The molecule has 1 amide bonds. The maximum absolute atomic E-state index is 12.0. The molecule has 1 rings (SSSR count). The molecule has 0 saturated heterocycles. The largest absolute Gasteiger partial charge is 0.468 e. The van der Waals surface area contributed by atoms with Crippen LogP contribution >= 0.6 is 0 Å². The van der Waals surface area contributed by atoms with Crippen LogP contribution in [0.2, 0.25) is 0 Å². The molecule has 2 N–H and O–H groups in total. The third-order valence-corrected chi connectivity index (χ3v) is 4.16. The first-order chi connectivity index (χ1) is 9.93. The predicted molar refractivity (Wildman–Crippen MR) is 82.8 cm³/mol. The Labute approximate surface area is 128 Å². The lowest BCUT2D eigenvalue weighted by atomic mass is 9.86. The van der Waals surface area contributed by atoms with Gasteiger partial charge in [-0.1, -0.05) is 33.6 Å². The minimum atomic E-state index is -0.412. The van der Waals surface area contributed by atoms with E-state index in [1.807, 2.05) is 13.8 Å². The maximum atomic E-state index is 12.0. The van der Waals surface area contributed by atoms with E-state index in [0.29, 0.717) is 18.3 Å². The van der Waals surface area contributed by atoms with Gasteiger partial charge in [0.15, 0.2) is 0 Å². The van der Waals surface area contributed by atoms with Crippen LogP contribution in [0.25, 0.3) is 0 Å². The van der Waals surface area contributed by atoms with Crippen LogP contribution in [-0.2, 0) is 14.3 Å².